The van der Waals surface area contributed by atoms with E-state index in [4.69, 9.17) is 32.5 Å². The Morgan fingerprint density at radius 1 is 1.11 bits per heavy atom. The number of hydrogen-bond acceptors (Lipinski definition) is 3. The van der Waals surface area contributed by atoms with Gasteiger partial charge in [0, 0.05) is 10.0 Å². The maximum Gasteiger partial charge on any atom is 0.525 e. The second kappa shape index (κ2) is 8.52. The Bertz CT molecular complexity index is 735. The zero-order valence-corrected chi connectivity index (χ0v) is 17.4. The number of halogens is 6. The first kappa shape index (κ1) is 23.5. The molecular weight excluding hydrogens is 422 g/mol. The van der Waals surface area contributed by atoms with Gasteiger partial charge in [-0.2, -0.15) is 13.2 Å². The average Bonchev–Trinajstić information content (AvgIpc) is 2.75. The molecule has 156 valence electrons. The summed E-state index contributed by atoms with van der Waals surface area (Å²) in [6.45, 7) is 5.28. The standard InChI is InChI=1S/C18H21BCl2F4O3/c1-16(2)17(3,4)28-19(27-16)15(22)13(7-8-26-10-18(23,24)25)12-6-5-11(20)9-14(12)21/h5-6,9H,7-8,10H2,1-4H3. The van der Waals surface area contributed by atoms with Crippen LogP contribution in [0.4, 0.5) is 17.6 Å². The number of alkyl halides is 3. The fourth-order valence-electron chi connectivity index (χ4n) is 2.57. The molecule has 0 atom stereocenters. The highest BCUT2D eigenvalue weighted by molar-refractivity contribution is 6.55. The van der Waals surface area contributed by atoms with E-state index in [1.165, 1.54) is 18.2 Å². The van der Waals surface area contributed by atoms with Crippen LogP contribution >= 0.6 is 23.2 Å². The van der Waals surface area contributed by atoms with E-state index in [0.29, 0.717) is 5.02 Å². The van der Waals surface area contributed by atoms with E-state index < -0.39 is 36.8 Å². The van der Waals surface area contributed by atoms with Crippen LogP contribution in [-0.4, -0.2) is 37.7 Å². The van der Waals surface area contributed by atoms with Gasteiger partial charge in [0.2, 0.25) is 0 Å². The minimum absolute atomic E-state index is 0.0438. The summed E-state index contributed by atoms with van der Waals surface area (Å²) in [6, 6.07) is 4.43. The smallest absolute Gasteiger partial charge is 0.398 e. The molecule has 1 fully saturated rings. The van der Waals surface area contributed by atoms with E-state index in [-0.39, 0.29) is 29.2 Å². The van der Waals surface area contributed by atoms with Gasteiger partial charge < -0.3 is 14.0 Å². The van der Waals surface area contributed by atoms with Gasteiger partial charge in [0.05, 0.1) is 17.8 Å². The topological polar surface area (TPSA) is 27.7 Å². The fraction of sp³-hybridized carbons (Fsp3) is 0.556. The summed E-state index contributed by atoms with van der Waals surface area (Å²) in [5, 5.41) is 0.502. The van der Waals surface area contributed by atoms with Gasteiger partial charge in [-0.05, 0) is 57.4 Å². The molecule has 0 spiro atoms. The fourth-order valence-corrected chi connectivity index (χ4v) is 3.09. The van der Waals surface area contributed by atoms with Gasteiger partial charge in [0.15, 0.2) is 0 Å². The Morgan fingerprint density at radius 2 is 1.68 bits per heavy atom. The molecule has 1 aliphatic rings. The van der Waals surface area contributed by atoms with Crippen molar-refractivity contribution in [2.24, 2.45) is 0 Å². The van der Waals surface area contributed by atoms with Crippen molar-refractivity contribution in [2.75, 3.05) is 13.2 Å². The quantitative estimate of drug-likeness (QED) is 0.295. The predicted molar refractivity (Wildman–Crippen MR) is 102 cm³/mol. The molecule has 2 rings (SSSR count). The van der Waals surface area contributed by atoms with E-state index in [2.05, 4.69) is 4.74 Å². The van der Waals surface area contributed by atoms with Gasteiger partial charge in [0.25, 0.3) is 0 Å². The van der Waals surface area contributed by atoms with E-state index in [1.807, 2.05) is 0 Å². The molecule has 1 aliphatic heterocycles. The lowest BCUT2D eigenvalue weighted by Crippen LogP contribution is -2.41. The SMILES string of the molecule is CC1(C)OB(C(F)=C(CCOCC(F)(F)F)c2ccc(Cl)cc2Cl)OC1(C)C. The maximum absolute atomic E-state index is 15.3. The molecule has 0 aliphatic carbocycles. The lowest BCUT2D eigenvalue weighted by Gasteiger charge is -2.32. The van der Waals surface area contributed by atoms with Crippen LogP contribution in [0.25, 0.3) is 5.57 Å². The van der Waals surface area contributed by atoms with E-state index in [1.54, 1.807) is 27.7 Å². The van der Waals surface area contributed by atoms with Crippen molar-refractivity contribution >= 4 is 35.9 Å². The van der Waals surface area contributed by atoms with Gasteiger partial charge in [-0.15, -0.1) is 0 Å². The Labute approximate surface area is 172 Å². The van der Waals surface area contributed by atoms with E-state index in [9.17, 15) is 13.2 Å². The van der Waals surface area contributed by atoms with Crippen LogP contribution in [0.15, 0.2) is 23.9 Å². The summed E-state index contributed by atoms with van der Waals surface area (Å²) in [4.78, 5) is 0. The Kier molecular flexibility index (Phi) is 7.15. The normalized spacial score (nSPS) is 19.7. The molecule has 0 radical (unpaired) electrons. The van der Waals surface area contributed by atoms with Crippen LogP contribution in [0.5, 0.6) is 0 Å². The largest absolute Gasteiger partial charge is 0.525 e. The number of rotatable bonds is 6. The molecule has 0 amide bonds. The highest BCUT2D eigenvalue weighted by Crippen LogP contribution is 2.41. The molecule has 28 heavy (non-hydrogen) atoms. The highest BCUT2D eigenvalue weighted by atomic mass is 35.5. The van der Waals surface area contributed by atoms with Gasteiger partial charge in [-0.1, -0.05) is 29.3 Å². The first-order valence-electron chi connectivity index (χ1n) is 8.57. The third kappa shape index (κ3) is 5.63. The van der Waals surface area contributed by atoms with Crippen molar-refractivity contribution in [1.29, 1.82) is 0 Å². The molecular formula is C18H21BCl2F4O3. The summed E-state index contributed by atoms with van der Waals surface area (Å²) in [5.41, 5.74) is -2.00. The monoisotopic (exact) mass is 442 g/mol. The second-order valence-corrected chi connectivity index (χ2v) is 8.30. The number of benzene rings is 1. The molecule has 1 aromatic rings. The summed E-state index contributed by atoms with van der Waals surface area (Å²) in [5.74, 6) is 0. The Morgan fingerprint density at radius 3 is 2.18 bits per heavy atom. The van der Waals surface area contributed by atoms with Gasteiger partial charge in [0.1, 0.15) is 12.3 Å². The lowest BCUT2D eigenvalue weighted by molar-refractivity contribution is -0.173. The third-order valence-electron chi connectivity index (χ3n) is 4.77. The molecule has 1 saturated heterocycles. The molecule has 0 N–H and O–H groups in total. The molecule has 3 nitrogen and oxygen atoms in total. The molecule has 0 bridgehead atoms. The minimum atomic E-state index is -4.47. The van der Waals surface area contributed by atoms with Crippen molar-refractivity contribution in [3.8, 4) is 0 Å². The maximum atomic E-state index is 15.3. The summed E-state index contributed by atoms with van der Waals surface area (Å²) in [6.07, 6.45) is -4.63. The average molecular weight is 443 g/mol. The molecule has 1 aromatic carbocycles. The zero-order valence-electron chi connectivity index (χ0n) is 15.9. The van der Waals surface area contributed by atoms with Gasteiger partial charge in [-0.25, -0.2) is 4.39 Å². The highest BCUT2D eigenvalue weighted by Gasteiger charge is 2.53. The Balaban J connectivity index is 2.33. The van der Waals surface area contributed by atoms with Crippen molar-refractivity contribution in [3.05, 3.63) is 39.5 Å². The van der Waals surface area contributed by atoms with Crippen LogP contribution in [-0.2, 0) is 14.0 Å². The van der Waals surface area contributed by atoms with Crippen LogP contribution in [0, 0.1) is 0 Å². The summed E-state index contributed by atoms with van der Waals surface area (Å²) in [7, 11) is -1.31. The molecule has 1 heterocycles. The predicted octanol–water partition coefficient (Wildman–Crippen LogP) is 6.27. The second-order valence-electron chi connectivity index (χ2n) is 7.46. The van der Waals surface area contributed by atoms with Crippen LogP contribution < -0.4 is 0 Å². The summed E-state index contributed by atoms with van der Waals surface area (Å²) < 4.78 is 68.3. The first-order chi connectivity index (χ1) is 12.7. The molecule has 0 unspecified atom stereocenters. The first-order valence-corrected chi connectivity index (χ1v) is 9.33. The van der Waals surface area contributed by atoms with E-state index >= 15 is 4.39 Å². The molecule has 0 saturated carbocycles. The Hall–Kier alpha value is -0.795. The van der Waals surface area contributed by atoms with Crippen LogP contribution in [0.1, 0.15) is 39.7 Å². The van der Waals surface area contributed by atoms with Crippen molar-refractivity contribution < 1.29 is 31.6 Å². The van der Waals surface area contributed by atoms with Crippen LogP contribution in [0.3, 0.4) is 0 Å². The number of hydrogen-bond donors (Lipinski definition) is 0. The van der Waals surface area contributed by atoms with Crippen molar-refractivity contribution in [3.63, 3.8) is 0 Å². The van der Waals surface area contributed by atoms with Gasteiger partial charge in [-0.3, -0.25) is 0 Å². The zero-order chi connectivity index (χ0) is 21.3. The minimum Gasteiger partial charge on any atom is -0.398 e. The molecule has 0 aromatic heterocycles. The van der Waals surface area contributed by atoms with E-state index in [0.717, 1.165) is 0 Å². The lowest BCUT2D eigenvalue weighted by atomic mass is 9.82. The van der Waals surface area contributed by atoms with Crippen LogP contribution in [0.2, 0.25) is 10.0 Å². The van der Waals surface area contributed by atoms with Crippen molar-refractivity contribution in [2.45, 2.75) is 51.5 Å². The van der Waals surface area contributed by atoms with Crippen molar-refractivity contribution in [1.82, 2.24) is 0 Å². The third-order valence-corrected chi connectivity index (χ3v) is 5.31. The number of ether oxygens (including phenoxy) is 1. The molecule has 10 heteroatoms. The van der Waals surface area contributed by atoms with Gasteiger partial charge >= 0.3 is 13.3 Å². The summed E-state index contributed by atoms with van der Waals surface area (Å²) >= 11 is 12.1.